The minimum atomic E-state index is 0.369. The van der Waals surface area contributed by atoms with Gasteiger partial charge in [-0.05, 0) is 37.1 Å². The Bertz CT molecular complexity index is 704. The van der Waals surface area contributed by atoms with Gasteiger partial charge in [0.25, 0.3) is 0 Å². The molecule has 0 radical (unpaired) electrons. The molecule has 2 rings (SSSR count). The second kappa shape index (κ2) is 25.1. The third-order valence-electron chi connectivity index (χ3n) is 8.69. The van der Waals surface area contributed by atoms with Gasteiger partial charge in [-0.1, -0.05) is 203 Å². The van der Waals surface area contributed by atoms with Gasteiger partial charge in [0.2, 0.25) is 0 Å². The molecule has 1 nitrogen and oxygen atoms in total. The Balaban J connectivity index is 1.79. The van der Waals surface area contributed by atoms with Gasteiger partial charge < -0.3 is 0 Å². The Morgan fingerprint density at radius 1 is 0.375 bits per heavy atom. The van der Waals surface area contributed by atoms with Crippen molar-refractivity contribution in [2.24, 2.45) is 0 Å². The Morgan fingerprint density at radius 2 is 0.650 bits per heavy atom. The first-order chi connectivity index (χ1) is 19.9. The normalized spacial score (nSPS) is 11.6. The summed E-state index contributed by atoms with van der Waals surface area (Å²) < 4.78 is 0. The number of hydrogen-bond donors (Lipinski definition) is 0. The molecule has 0 spiro atoms. The summed E-state index contributed by atoms with van der Waals surface area (Å²) in [5, 5.41) is 0. The van der Waals surface area contributed by atoms with Crippen LogP contribution in [0.1, 0.15) is 172 Å². The van der Waals surface area contributed by atoms with E-state index in [-0.39, 0.29) is 0 Å². The van der Waals surface area contributed by atoms with Crippen LogP contribution in [-0.2, 0) is 0 Å². The molecular formula is C39H65N. The minimum absolute atomic E-state index is 0.369. The Labute approximate surface area is 250 Å². The Morgan fingerprint density at radius 3 is 0.950 bits per heavy atom. The monoisotopic (exact) mass is 548 g/mol. The molecule has 2 aromatic rings. The first kappa shape index (κ1) is 34.6. The second-order valence-corrected chi connectivity index (χ2v) is 12.3. The van der Waals surface area contributed by atoms with Crippen LogP contribution in [-0.4, -0.2) is 18.0 Å². The molecule has 0 saturated heterocycles. The topological polar surface area (TPSA) is 3.24 Å². The van der Waals surface area contributed by atoms with Crippen LogP contribution in [0.5, 0.6) is 0 Å². The van der Waals surface area contributed by atoms with E-state index >= 15 is 0 Å². The smallest absolute Gasteiger partial charge is 0.0601 e. The SMILES string of the molecule is CCCCCCCCCCCCCN(CCCCCCCCCCCCC)C(c1ccccc1)c1ccccc1. The molecule has 0 saturated carbocycles. The molecule has 0 aliphatic rings. The molecular weight excluding hydrogens is 482 g/mol. The third kappa shape index (κ3) is 16.6. The predicted octanol–water partition coefficient (Wildman–Crippen LogP) is 12.7. The standard InChI is InChI=1S/C39H65N/c1-3-5-7-9-11-13-15-17-19-21-29-35-40(36-30-22-20-18-16-14-12-10-8-6-4-2)39(37-31-25-23-26-32-37)38-33-27-24-28-34-38/h23-28,31-34,39H,3-22,29-30,35-36H2,1-2H3. The number of nitrogens with zero attached hydrogens (tertiary/aromatic N) is 1. The maximum absolute atomic E-state index is 2.81. The van der Waals surface area contributed by atoms with Crippen molar-refractivity contribution in [3.8, 4) is 0 Å². The van der Waals surface area contributed by atoms with Crippen LogP contribution in [0.2, 0.25) is 0 Å². The van der Waals surface area contributed by atoms with Crippen LogP contribution in [0, 0.1) is 0 Å². The lowest BCUT2D eigenvalue weighted by Gasteiger charge is -2.33. The molecule has 0 amide bonds. The predicted molar refractivity (Wildman–Crippen MR) is 179 cm³/mol. The van der Waals surface area contributed by atoms with Crippen LogP contribution >= 0.6 is 0 Å². The molecule has 0 aromatic heterocycles. The second-order valence-electron chi connectivity index (χ2n) is 12.3. The summed E-state index contributed by atoms with van der Waals surface area (Å²) in [6.45, 7) is 7.04. The molecule has 0 aliphatic carbocycles. The molecule has 2 aromatic carbocycles. The summed E-state index contributed by atoms with van der Waals surface area (Å²) in [7, 11) is 0. The maximum Gasteiger partial charge on any atom is 0.0601 e. The van der Waals surface area contributed by atoms with E-state index in [0.717, 1.165) is 0 Å². The van der Waals surface area contributed by atoms with Gasteiger partial charge in [-0.3, -0.25) is 4.90 Å². The molecule has 0 fully saturated rings. The van der Waals surface area contributed by atoms with Gasteiger partial charge in [0.15, 0.2) is 0 Å². The first-order valence-electron chi connectivity index (χ1n) is 17.7. The van der Waals surface area contributed by atoms with E-state index in [9.17, 15) is 0 Å². The van der Waals surface area contributed by atoms with Crippen molar-refractivity contribution in [2.75, 3.05) is 13.1 Å². The highest BCUT2D eigenvalue weighted by molar-refractivity contribution is 5.31. The highest BCUT2D eigenvalue weighted by atomic mass is 15.2. The van der Waals surface area contributed by atoms with Crippen molar-refractivity contribution in [3.05, 3.63) is 71.8 Å². The third-order valence-corrected chi connectivity index (χ3v) is 8.69. The molecule has 1 heteroatoms. The number of rotatable bonds is 27. The van der Waals surface area contributed by atoms with Gasteiger partial charge >= 0.3 is 0 Å². The summed E-state index contributed by atoms with van der Waals surface area (Å²) in [4.78, 5) is 2.81. The van der Waals surface area contributed by atoms with Crippen LogP contribution in [0.3, 0.4) is 0 Å². The van der Waals surface area contributed by atoms with Gasteiger partial charge in [0.1, 0.15) is 0 Å². The van der Waals surface area contributed by atoms with Crippen molar-refractivity contribution in [1.29, 1.82) is 0 Å². The van der Waals surface area contributed by atoms with E-state index in [2.05, 4.69) is 79.4 Å². The summed E-state index contributed by atoms with van der Waals surface area (Å²) in [6, 6.07) is 22.9. The first-order valence-corrected chi connectivity index (χ1v) is 17.7. The van der Waals surface area contributed by atoms with E-state index in [1.54, 1.807) is 0 Å². The van der Waals surface area contributed by atoms with Gasteiger partial charge in [-0.2, -0.15) is 0 Å². The summed E-state index contributed by atoms with van der Waals surface area (Å²) in [5.74, 6) is 0. The molecule has 0 bridgehead atoms. The lowest BCUT2D eigenvalue weighted by molar-refractivity contribution is 0.214. The van der Waals surface area contributed by atoms with Crippen LogP contribution in [0.25, 0.3) is 0 Å². The Kier molecular flexibility index (Phi) is 21.7. The van der Waals surface area contributed by atoms with E-state index in [1.807, 2.05) is 0 Å². The zero-order valence-corrected chi connectivity index (χ0v) is 26.8. The highest BCUT2D eigenvalue weighted by Crippen LogP contribution is 2.29. The molecule has 0 unspecified atom stereocenters. The molecule has 0 aliphatic heterocycles. The van der Waals surface area contributed by atoms with E-state index in [0.29, 0.717) is 6.04 Å². The highest BCUT2D eigenvalue weighted by Gasteiger charge is 2.21. The Hall–Kier alpha value is -1.60. The van der Waals surface area contributed by atoms with Crippen molar-refractivity contribution in [2.45, 2.75) is 161 Å². The summed E-state index contributed by atoms with van der Waals surface area (Å²) in [5.41, 5.74) is 2.89. The van der Waals surface area contributed by atoms with Crippen molar-refractivity contribution < 1.29 is 0 Å². The van der Waals surface area contributed by atoms with Crippen LogP contribution in [0.4, 0.5) is 0 Å². The fraction of sp³-hybridized carbons (Fsp3) is 0.692. The largest absolute Gasteiger partial charge is 0.292 e. The van der Waals surface area contributed by atoms with Gasteiger partial charge in [0.05, 0.1) is 6.04 Å². The zero-order chi connectivity index (χ0) is 28.4. The van der Waals surface area contributed by atoms with Crippen LogP contribution < -0.4 is 0 Å². The lowest BCUT2D eigenvalue weighted by atomic mass is 9.96. The maximum atomic E-state index is 2.81. The average Bonchev–Trinajstić information content (AvgIpc) is 2.99. The average molecular weight is 548 g/mol. The number of unbranched alkanes of at least 4 members (excludes halogenated alkanes) is 20. The molecule has 226 valence electrons. The minimum Gasteiger partial charge on any atom is -0.292 e. The van der Waals surface area contributed by atoms with E-state index in [1.165, 1.54) is 165 Å². The van der Waals surface area contributed by atoms with Crippen molar-refractivity contribution >= 4 is 0 Å². The molecule has 0 heterocycles. The molecule has 0 atom stereocenters. The van der Waals surface area contributed by atoms with E-state index in [4.69, 9.17) is 0 Å². The van der Waals surface area contributed by atoms with Gasteiger partial charge in [0, 0.05) is 0 Å². The van der Waals surface area contributed by atoms with Gasteiger partial charge in [-0.25, -0.2) is 0 Å². The van der Waals surface area contributed by atoms with E-state index < -0.39 is 0 Å². The van der Waals surface area contributed by atoms with Crippen molar-refractivity contribution in [3.63, 3.8) is 0 Å². The fourth-order valence-electron chi connectivity index (χ4n) is 6.21. The summed E-state index contributed by atoms with van der Waals surface area (Å²) >= 11 is 0. The number of hydrogen-bond acceptors (Lipinski definition) is 1. The number of benzene rings is 2. The van der Waals surface area contributed by atoms with Gasteiger partial charge in [-0.15, -0.1) is 0 Å². The summed E-state index contributed by atoms with van der Waals surface area (Å²) in [6.07, 6.45) is 31.0. The quantitative estimate of drug-likeness (QED) is 0.101. The fourth-order valence-corrected chi connectivity index (χ4v) is 6.21. The van der Waals surface area contributed by atoms with Crippen molar-refractivity contribution in [1.82, 2.24) is 4.90 Å². The molecule has 40 heavy (non-hydrogen) atoms. The molecule has 0 N–H and O–H groups in total. The lowest BCUT2D eigenvalue weighted by Crippen LogP contribution is -2.31. The van der Waals surface area contributed by atoms with Crippen LogP contribution in [0.15, 0.2) is 60.7 Å². The zero-order valence-electron chi connectivity index (χ0n) is 26.8.